The van der Waals surface area contributed by atoms with Crippen molar-refractivity contribution in [3.8, 4) is 0 Å². The summed E-state index contributed by atoms with van der Waals surface area (Å²) in [5, 5.41) is 0. The van der Waals surface area contributed by atoms with E-state index in [1.165, 1.54) is 12.3 Å². The first-order chi connectivity index (χ1) is 12.7. The third kappa shape index (κ3) is 12.4. The van der Waals surface area contributed by atoms with Crippen LogP contribution < -0.4 is 112 Å². The predicted molar refractivity (Wildman–Crippen MR) is 80.4 cm³/mol. The van der Waals surface area contributed by atoms with Crippen LogP contribution in [0.5, 0.6) is 0 Å². The Labute approximate surface area is 229 Å². The maximum Gasteiger partial charge on any atom is 1.00 e. The van der Waals surface area contributed by atoms with Crippen LogP contribution in [-0.2, 0) is 31.6 Å². The quantitative estimate of drug-likeness (QED) is 0.253. The average molecular weight is 490 g/mol. The molecule has 1 aliphatic heterocycles. The van der Waals surface area contributed by atoms with Crippen molar-refractivity contribution >= 4 is 29.3 Å². The van der Waals surface area contributed by atoms with E-state index >= 15 is 0 Å². The van der Waals surface area contributed by atoms with Crippen LogP contribution in [0.25, 0.3) is 0 Å². The normalized spacial score (nSPS) is 23.8. The van der Waals surface area contributed by atoms with Gasteiger partial charge < -0.3 is 44.9 Å². The number of aromatic nitrogens is 2. The van der Waals surface area contributed by atoms with Crippen LogP contribution in [-0.4, -0.2) is 28.3 Å². The summed E-state index contributed by atoms with van der Waals surface area (Å²) in [4.78, 5) is 58.3. The molecule has 4 N–H and O–H groups in total. The van der Waals surface area contributed by atoms with E-state index in [4.69, 9.17) is 16.2 Å². The molecule has 23 heteroatoms. The summed E-state index contributed by atoms with van der Waals surface area (Å²) in [6, 6.07) is 0.476. The molecule has 1 aliphatic rings. The van der Waals surface area contributed by atoms with Gasteiger partial charge in [-0.05, 0) is 6.07 Å². The van der Waals surface area contributed by atoms with Crippen LogP contribution in [0.15, 0.2) is 17.1 Å². The van der Waals surface area contributed by atoms with Gasteiger partial charge in [-0.3, -0.25) is 18.0 Å². The number of nitrogens with zero attached hydrogens (tertiary/aromatic N) is 2. The van der Waals surface area contributed by atoms with Gasteiger partial charge in [0.15, 0.2) is 0 Å². The van der Waals surface area contributed by atoms with Gasteiger partial charge in [0.2, 0.25) is 0 Å². The molecule has 2 rings (SSSR count). The fourth-order valence-corrected chi connectivity index (χ4v) is 5.04. The van der Waals surface area contributed by atoms with Crippen molar-refractivity contribution in [2.45, 2.75) is 24.8 Å². The molecule has 1 aromatic rings. The Morgan fingerprint density at radius 1 is 1.09 bits per heavy atom. The molecule has 1 aromatic heterocycles. The van der Waals surface area contributed by atoms with Gasteiger partial charge in [-0.1, -0.05) is 0 Å². The van der Waals surface area contributed by atoms with Crippen molar-refractivity contribution in [2.24, 2.45) is 5.73 Å². The molecule has 2 unspecified atom stereocenters. The molecule has 2 heterocycles. The Bertz CT molecular complexity index is 933. The second-order valence-electron chi connectivity index (χ2n) is 5.37. The number of ether oxygens (including phenoxy) is 1. The van der Waals surface area contributed by atoms with Gasteiger partial charge >= 0.3 is 81.1 Å². The summed E-state index contributed by atoms with van der Waals surface area (Å²) in [6.07, 6.45) is -0.737. The van der Waals surface area contributed by atoms with E-state index in [1.807, 2.05) is 0 Å². The first-order valence-electron chi connectivity index (χ1n) is 7.14. The second-order valence-corrected chi connectivity index (χ2v) is 9.62. The van der Waals surface area contributed by atoms with Crippen LogP contribution >= 0.6 is 23.5 Å². The minimum Gasteiger partial charge on any atom is -0.790 e. The van der Waals surface area contributed by atoms with Gasteiger partial charge in [-0.15, -0.1) is 0 Å². The molecule has 0 bridgehead atoms. The Balaban J connectivity index is -0.00000210. The molecule has 1 fully saturated rings. The number of phosphoric acid groups is 3. The fourth-order valence-electron chi connectivity index (χ4n) is 2.18. The number of nitrogen functional groups attached to an aromatic ring is 1. The Morgan fingerprint density at radius 3 is 2.16 bits per heavy atom. The molecule has 0 saturated carbocycles. The molecule has 32 heavy (non-hydrogen) atoms. The van der Waals surface area contributed by atoms with Gasteiger partial charge in [0, 0.05) is 18.7 Å². The number of nitrogens with two attached hydrogens (primary N) is 2. The number of anilines is 1. The van der Waals surface area contributed by atoms with Crippen LogP contribution in [0.1, 0.15) is 12.6 Å². The summed E-state index contributed by atoms with van der Waals surface area (Å²) in [6.45, 7) is -0.845. The standard InChI is InChI=1S/C9H17N4O12P3.4Li/c10-5-3-8(13-2-1-7(11)12-9(13)14)23-6(5)4-22-27(18,19)25-28(20,21)24-26(15,16)17;;;;/h1-2,5-6,8H,3-4,10H2,(H,18,19)(H,20,21)(H2,11,12,14)(H2,15,16,17);;;;/q;4*+1/p-4/t5-,6+,8+;;;;/m0..../s1. The predicted octanol–water partition coefficient (Wildman–Crippen LogP) is -15.7. The van der Waals surface area contributed by atoms with E-state index in [9.17, 15) is 38.1 Å². The number of hydrogen-bond donors (Lipinski definition) is 2. The zero-order chi connectivity index (χ0) is 21.3. The molecule has 0 radical (unpaired) electrons. The van der Waals surface area contributed by atoms with Crippen LogP contribution in [0.3, 0.4) is 0 Å². The first-order valence-corrected chi connectivity index (χ1v) is 11.5. The van der Waals surface area contributed by atoms with E-state index in [2.05, 4.69) is 18.1 Å². The zero-order valence-corrected chi connectivity index (χ0v) is 20.3. The van der Waals surface area contributed by atoms with Crippen LogP contribution in [0.4, 0.5) is 5.82 Å². The Hall–Kier alpha value is 1.40. The smallest absolute Gasteiger partial charge is 0.790 e. The van der Waals surface area contributed by atoms with Crippen molar-refractivity contribution in [1.82, 2.24) is 9.55 Å². The van der Waals surface area contributed by atoms with E-state index in [0.29, 0.717) is 0 Å². The van der Waals surface area contributed by atoms with Gasteiger partial charge in [0.25, 0.3) is 15.6 Å². The third-order valence-corrected chi connectivity index (χ3v) is 6.91. The SMILES string of the molecule is Nc1ccn([C@H]2C[C@H](N)[C@@H](COP(=O)([O-])OP(=O)([O-])OP(=O)([O-])[O-])O2)c(=O)n1.[Li+].[Li+].[Li+].[Li+]. The Morgan fingerprint density at radius 2 is 1.66 bits per heavy atom. The largest absolute Gasteiger partial charge is 1.00 e. The zero-order valence-electron chi connectivity index (χ0n) is 17.6. The van der Waals surface area contributed by atoms with Gasteiger partial charge in [-0.25, -0.2) is 9.11 Å². The van der Waals surface area contributed by atoms with Gasteiger partial charge in [-0.2, -0.15) is 4.98 Å². The topological polar surface area (TPSA) is 267 Å². The Kier molecular flexibility index (Phi) is 17.6. The summed E-state index contributed by atoms with van der Waals surface area (Å²) in [7, 11) is -17.8. The fraction of sp³-hybridized carbons (Fsp3) is 0.556. The first kappa shape index (κ1) is 37.9. The molecule has 1 saturated heterocycles. The monoisotopic (exact) mass is 490 g/mol. The maximum absolute atomic E-state index is 11.8. The maximum atomic E-state index is 11.8. The van der Waals surface area contributed by atoms with Crippen molar-refractivity contribution < 1.29 is 127 Å². The molecule has 16 nitrogen and oxygen atoms in total. The minimum atomic E-state index is -6.08. The molecule has 5 atom stereocenters. The summed E-state index contributed by atoms with van der Waals surface area (Å²) in [5.41, 5.74) is 10.4. The van der Waals surface area contributed by atoms with E-state index in [0.717, 1.165) is 4.57 Å². The molecular weight excluding hydrogens is 477 g/mol. The number of rotatable bonds is 8. The second kappa shape index (κ2) is 14.8. The molecule has 0 aliphatic carbocycles. The van der Waals surface area contributed by atoms with Crippen LogP contribution in [0.2, 0.25) is 0 Å². The average Bonchev–Trinajstić information content (AvgIpc) is 2.82. The van der Waals surface area contributed by atoms with Crippen LogP contribution in [0, 0.1) is 0 Å². The summed E-state index contributed by atoms with van der Waals surface area (Å²) in [5.74, 6) is -0.0298. The molecule has 0 aromatic carbocycles. The van der Waals surface area contributed by atoms with Crippen molar-refractivity contribution in [2.75, 3.05) is 12.3 Å². The van der Waals surface area contributed by atoms with E-state index in [1.54, 1.807) is 0 Å². The van der Waals surface area contributed by atoms with E-state index < -0.39 is 54.1 Å². The third-order valence-electron chi connectivity index (χ3n) is 3.24. The number of phosphoric ester groups is 1. The summed E-state index contributed by atoms with van der Waals surface area (Å²) < 4.78 is 50.0. The van der Waals surface area contributed by atoms with Crippen molar-refractivity contribution in [3.05, 3.63) is 22.7 Å². The molecule has 0 spiro atoms. The minimum absolute atomic E-state index is 0. The van der Waals surface area contributed by atoms with Gasteiger partial charge in [0.1, 0.15) is 12.0 Å². The van der Waals surface area contributed by atoms with E-state index in [-0.39, 0.29) is 87.7 Å². The summed E-state index contributed by atoms with van der Waals surface area (Å²) >= 11 is 0. The van der Waals surface area contributed by atoms with Crippen molar-refractivity contribution in [3.63, 3.8) is 0 Å². The molecule has 160 valence electrons. The van der Waals surface area contributed by atoms with Crippen molar-refractivity contribution in [1.29, 1.82) is 0 Å². The van der Waals surface area contributed by atoms with Gasteiger partial charge in [0.05, 0.1) is 20.5 Å². The molecular formula is C9H13Li4N4O12P3. The number of hydrogen-bond acceptors (Lipinski definition) is 15. The molecule has 0 amide bonds.